The van der Waals surface area contributed by atoms with Gasteiger partial charge in [-0.05, 0) is 27.2 Å². The quantitative estimate of drug-likeness (QED) is 0.694. The van der Waals surface area contributed by atoms with Crippen molar-refractivity contribution in [2.45, 2.75) is 39.7 Å². The Kier molecular flexibility index (Phi) is 8.95. The van der Waals surface area contributed by atoms with Gasteiger partial charge in [-0.25, -0.2) is 4.79 Å². The zero-order valence-corrected chi connectivity index (χ0v) is 12.4. The normalized spacial score (nSPS) is 10.6. The van der Waals surface area contributed by atoms with Crippen molar-refractivity contribution in [2.75, 3.05) is 33.4 Å². The van der Waals surface area contributed by atoms with Crippen LogP contribution in [0, 0.1) is 0 Å². The van der Waals surface area contributed by atoms with Gasteiger partial charge in [0, 0.05) is 39.2 Å². The molecule has 0 rings (SSSR count). The van der Waals surface area contributed by atoms with Crippen LogP contribution in [0.5, 0.6) is 0 Å². The van der Waals surface area contributed by atoms with Crippen LogP contribution in [0.2, 0.25) is 0 Å². The van der Waals surface area contributed by atoms with Gasteiger partial charge in [-0.15, -0.1) is 0 Å². The lowest BCUT2D eigenvalue weighted by Gasteiger charge is -2.32. The average molecular weight is 274 g/mol. The Hall–Kier alpha value is -1.30. The molecular weight excluding hydrogens is 248 g/mol. The molecule has 6 heteroatoms. The third-order valence-corrected chi connectivity index (χ3v) is 2.88. The molecule has 0 spiro atoms. The number of carbonyl (C=O) groups is 2. The number of carboxylic acids is 1. The Labute approximate surface area is 115 Å². The number of nitrogens with zero attached hydrogens (tertiary/aromatic N) is 2. The number of methoxy groups -OCH3 is 1. The highest BCUT2D eigenvalue weighted by Gasteiger charge is 2.21. The van der Waals surface area contributed by atoms with Gasteiger partial charge in [0.2, 0.25) is 0 Å². The highest BCUT2D eigenvalue weighted by Crippen LogP contribution is 2.07. The second kappa shape index (κ2) is 9.61. The summed E-state index contributed by atoms with van der Waals surface area (Å²) in [7, 11) is 1.60. The SMILES string of the molecule is CCN(CCOC)C(=O)N(CCCC(=O)O)C(C)C. The molecule has 0 fully saturated rings. The van der Waals surface area contributed by atoms with Crippen molar-refractivity contribution in [3.05, 3.63) is 0 Å². The largest absolute Gasteiger partial charge is 0.481 e. The number of carbonyl (C=O) groups excluding carboxylic acids is 1. The maximum Gasteiger partial charge on any atom is 0.320 e. The molecule has 1 N–H and O–H groups in total. The number of hydrogen-bond donors (Lipinski definition) is 1. The average Bonchev–Trinajstić information content (AvgIpc) is 2.34. The Bertz CT molecular complexity index is 282. The van der Waals surface area contributed by atoms with Crippen LogP contribution < -0.4 is 0 Å². The van der Waals surface area contributed by atoms with Crippen molar-refractivity contribution in [3.8, 4) is 0 Å². The molecule has 0 aliphatic carbocycles. The Morgan fingerprint density at radius 2 is 1.89 bits per heavy atom. The standard InChI is InChI=1S/C13H26N2O4/c1-5-14(9-10-19-4)13(18)15(11(2)3)8-6-7-12(16)17/h11H,5-10H2,1-4H3,(H,16,17). The van der Waals surface area contributed by atoms with Gasteiger partial charge in [0.25, 0.3) is 0 Å². The number of aliphatic carboxylic acids is 1. The second-order valence-electron chi connectivity index (χ2n) is 4.64. The van der Waals surface area contributed by atoms with Gasteiger partial charge >= 0.3 is 12.0 Å². The maximum atomic E-state index is 12.3. The van der Waals surface area contributed by atoms with Gasteiger partial charge in [-0.3, -0.25) is 4.79 Å². The first kappa shape index (κ1) is 17.7. The first-order valence-corrected chi connectivity index (χ1v) is 6.70. The Morgan fingerprint density at radius 3 is 2.32 bits per heavy atom. The van der Waals surface area contributed by atoms with Crippen molar-refractivity contribution in [1.82, 2.24) is 9.80 Å². The topological polar surface area (TPSA) is 70.1 Å². The van der Waals surface area contributed by atoms with E-state index in [1.807, 2.05) is 20.8 Å². The van der Waals surface area contributed by atoms with Gasteiger partial charge < -0.3 is 19.6 Å². The lowest BCUT2D eigenvalue weighted by atomic mass is 10.2. The second-order valence-corrected chi connectivity index (χ2v) is 4.64. The third-order valence-electron chi connectivity index (χ3n) is 2.88. The Morgan fingerprint density at radius 1 is 1.26 bits per heavy atom. The summed E-state index contributed by atoms with van der Waals surface area (Å²) in [6.45, 7) is 7.92. The molecule has 0 atom stereocenters. The number of amides is 2. The summed E-state index contributed by atoms with van der Waals surface area (Å²) in [6.07, 6.45) is 0.557. The highest BCUT2D eigenvalue weighted by atomic mass is 16.5. The van der Waals surface area contributed by atoms with Gasteiger partial charge in [0.15, 0.2) is 0 Å². The molecule has 0 bridgehead atoms. The molecular formula is C13H26N2O4. The summed E-state index contributed by atoms with van der Waals surface area (Å²) in [4.78, 5) is 26.3. The lowest BCUT2D eigenvalue weighted by molar-refractivity contribution is -0.137. The molecule has 2 amide bonds. The number of urea groups is 1. The van der Waals surface area contributed by atoms with Crippen molar-refractivity contribution in [1.29, 1.82) is 0 Å². The fourth-order valence-electron chi connectivity index (χ4n) is 1.75. The molecule has 0 aromatic rings. The minimum atomic E-state index is -0.831. The molecule has 0 saturated carbocycles. The fraction of sp³-hybridized carbons (Fsp3) is 0.846. The molecule has 0 aliphatic rings. The zero-order valence-electron chi connectivity index (χ0n) is 12.4. The van der Waals surface area contributed by atoms with E-state index in [4.69, 9.17) is 9.84 Å². The molecule has 0 aromatic heterocycles. The first-order chi connectivity index (χ1) is 8.93. The monoisotopic (exact) mass is 274 g/mol. The van der Waals surface area contributed by atoms with E-state index in [9.17, 15) is 9.59 Å². The fourth-order valence-corrected chi connectivity index (χ4v) is 1.75. The summed E-state index contributed by atoms with van der Waals surface area (Å²) >= 11 is 0. The predicted octanol–water partition coefficient (Wildman–Crippen LogP) is 1.65. The van der Waals surface area contributed by atoms with Gasteiger partial charge in [0.1, 0.15) is 0 Å². The number of rotatable bonds is 9. The minimum Gasteiger partial charge on any atom is -0.481 e. The number of likely N-dealkylation sites (N-methyl/N-ethyl adjacent to an activating group) is 1. The molecule has 0 radical (unpaired) electrons. The van der Waals surface area contributed by atoms with Crippen molar-refractivity contribution in [2.24, 2.45) is 0 Å². The van der Waals surface area contributed by atoms with Gasteiger partial charge in [-0.2, -0.15) is 0 Å². The van der Waals surface area contributed by atoms with Crippen LogP contribution in [0.15, 0.2) is 0 Å². The lowest BCUT2D eigenvalue weighted by Crippen LogP contribution is -2.47. The molecule has 112 valence electrons. The summed E-state index contributed by atoms with van der Waals surface area (Å²) < 4.78 is 4.99. The Balaban J connectivity index is 4.48. The van der Waals surface area contributed by atoms with E-state index in [1.165, 1.54) is 0 Å². The van der Waals surface area contributed by atoms with Crippen LogP contribution in [0.3, 0.4) is 0 Å². The number of hydrogen-bond acceptors (Lipinski definition) is 3. The van der Waals surface area contributed by atoms with Crippen LogP contribution in [-0.4, -0.2) is 66.3 Å². The van der Waals surface area contributed by atoms with Crippen LogP contribution >= 0.6 is 0 Å². The smallest absolute Gasteiger partial charge is 0.320 e. The summed E-state index contributed by atoms with van der Waals surface area (Å²) in [6, 6.07) is -0.00201. The van der Waals surface area contributed by atoms with Crippen LogP contribution in [-0.2, 0) is 9.53 Å². The van der Waals surface area contributed by atoms with Crippen molar-refractivity contribution < 1.29 is 19.4 Å². The van der Waals surface area contributed by atoms with Crippen LogP contribution in [0.1, 0.15) is 33.6 Å². The van der Waals surface area contributed by atoms with E-state index in [2.05, 4.69) is 0 Å². The van der Waals surface area contributed by atoms with E-state index >= 15 is 0 Å². The van der Waals surface area contributed by atoms with E-state index in [0.717, 1.165) is 0 Å². The number of ether oxygens (including phenoxy) is 1. The summed E-state index contributed by atoms with van der Waals surface area (Å²) in [5, 5.41) is 8.64. The van der Waals surface area contributed by atoms with Crippen LogP contribution in [0.25, 0.3) is 0 Å². The molecule has 0 aliphatic heterocycles. The van der Waals surface area contributed by atoms with Crippen LogP contribution in [0.4, 0.5) is 4.79 Å². The minimum absolute atomic E-state index is 0.0536. The third kappa shape index (κ3) is 7.00. The summed E-state index contributed by atoms with van der Waals surface area (Å²) in [5.41, 5.74) is 0. The van der Waals surface area contributed by atoms with E-state index in [1.54, 1.807) is 16.9 Å². The molecule has 0 unspecified atom stereocenters. The molecule has 0 heterocycles. The molecule has 6 nitrogen and oxygen atoms in total. The van der Waals surface area contributed by atoms with E-state index in [-0.39, 0.29) is 18.5 Å². The number of carboxylic acid groups (broad SMARTS) is 1. The molecule has 0 saturated heterocycles. The van der Waals surface area contributed by atoms with Crippen molar-refractivity contribution >= 4 is 12.0 Å². The van der Waals surface area contributed by atoms with E-state index < -0.39 is 5.97 Å². The first-order valence-electron chi connectivity index (χ1n) is 6.70. The van der Waals surface area contributed by atoms with Gasteiger partial charge in [-0.1, -0.05) is 0 Å². The van der Waals surface area contributed by atoms with Crippen molar-refractivity contribution in [3.63, 3.8) is 0 Å². The predicted molar refractivity (Wildman–Crippen MR) is 73.2 cm³/mol. The van der Waals surface area contributed by atoms with E-state index in [0.29, 0.717) is 32.7 Å². The molecule has 0 aromatic carbocycles. The van der Waals surface area contributed by atoms with Gasteiger partial charge in [0.05, 0.1) is 6.61 Å². The maximum absolute atomic E-state index is 12.3. The highest BCUT2D eigenvalue weighted by molar-refractivity contribution is 5.74. The molecule has 19 heavy (non-hydrogen) atoms. The zero-order chi connectivity index (χ0) is 14.8. The summed E-state index contributed by atoms with van der Waals surface area (Å²) in [5.74, 6) is -0.831.